The molecule has 70 valence electrons. The summed E-state index contributed by atoms with van der Waals surface area (Å²) >= 11 is 21.4. The van der Waals surface area contributed by atoms with Crippen molar-refractivity contribution < 1.29 is 9.53 Å². The Morgan fingerprint density at radius 1 is 1.23 bits per heavy atom. The molecule has 4 nitrogen and oxygen atoms in total. The lowest BCUT2D eigenvalue weighted by Crippen LogP contribution is -2.00. The summed E-state index contributed by atoms with van der Waals surface area (Å²) in [4.78, 5) is 17.3. The number of carbonyl (C=O) groups is 1. The van der Waals surface area contributed by atoms with Crippen LogP contribution in [0, 0.1) is 0 Å². The average molecular weight is 262 g/mol. The van der Waals surface area contributed by atoms with Gasteiger partial charge in [-0.15, -0.1) is 0 Å². The van der Waals surface area contributed by atoms with Crippen LogP contribution in [0.2, 0.25) is 15.5 Å². The fourth-order valence-electron chi connectivity index (χ4n) is 0.520. The predicted molar refractivity (Wildman–Crippen MR) is 48.9 cm³/mol. The van der Waals surface area contributed by atoms with E-state index in [0.29, 0.717) is 0 Å². The predicted octanol–water partition coefficient (Wildman–Crippen LogP) is 3.17. The fraction of sp³-hybridized carbons (Fsp3) is 0. The van der Waals surface area contributed by atoms with E-state index in [1.807, 2.05) is 0 Å². The molecule has 0 saturated heterocycles. The van der Waals surface area contributed by atoms with Crippen LogP contribution in [0.4, 0.5) is 4.79 Å². The molecule has 0 N–H and O–H groups in total. The van der Waals surface area contributed by atoms with Gasteiger partial charge in [0.1, 0.15) is 5.02 Å². The molecule has 0 aliphatic rings. The molecule has 0 amide bonds. The van der Waals surface area contributed by atoms with Gasteiger partial charge >= 0.3 is 5.43 Å². The van der Waals surface area contributed by atoms with Crippen LogP contribution in [0.15, 0.2) is 0 Å². The Bertz CT molecular complexity index is 357. The summed E-state index contributed by atoms with van der Waals surface area (Å²) in [5.41, 5.74) is -1.09. The minimum absolute atomic E-state index is 0.116. The Kier molecular flexibility index (Phi) is 3.55. The summed E-state index contributed by atoms with van der Waals surface area (Å²) in [5.74, 6) is -0.272. The maximum absolute atomic E-state index is 10.3. The summed E-state index contributed by atoms with van der Waals surface area (Å²) in [5, 5.41) is -0.433. The third-order valence-electron chi connectivity index (χ3n) is 0.930. The van der Waals surface area contributed by atoms with E-state index in [1.165, 1.54) is 0 Å². The number of rotatable bonds is 1. The van der Waals surface area contributed by atoms with Gasteiger partial charge in [0.05, 0.1) is 0 Å². The molecule has 0 bridgehead atoms. The van der Waals surface area contributed by atoms with Crippen molar-refractivity contribution in [1.29, 1.82) is 0 Å². The summed E-state index contributed by atoms with van der Waals surface area (Å²) < 4.78 is 4.38. The summed E-state index contributed by atoms with van der Waals surface area (Å²) in [6.07, 6.45) is 0. The maximum Gasteiger partial charge on any atom is 0.410 e. The molecule has 1 heterocycles. The van der Waals surface area contributed by atoms with Crippen LogP contribution < -0.4 is 4.74 Å². The van der Waals surface area contributed by atoms with E-state index < -0.39 is 5.43 Å². The van der Waals surface area contributed by atoms with Crippen LogP contribution in [-0.2, 0) is 0 Å². The quantitative estimate of drug-likeness (QED) is 0.443. The van der Waals surface area contributed by atoms with Crippen LogP contribution in [0.5, 0.6) is 5.88 Å². The van der Waals surface area contributed by atoms with E-state index >= 15 is 0 Å². The molecule has 0 radical (unpaired) electrons. The summed E-state index contributed by atoms with van der Waals surface area (Å²) in [6.45, 7) is 0. The molecule has 0 fully saturated rings. The highest BCUT2D eigenvalue weighted by Gasteiger charge is 2.13. The number of aromatic nitrogens is 2. The molecule has 0 aliphatic heterocycles. The van der Waals surface area contributed by atoms with Crippen molar-refractivity contribution in [2.24, 2.45) is 0 Å². The second-order valence-electron chi connectivity index (χ2n) is 1.74. The van der Waals surface area contributed by atoms with E-state index in [4.69, 9.17) is 46.4 Å². The number of ether oxygens (including phenoxy) is 1. The SMILES string of the molecule is O=C(Cl)Oc1nc(Cl)nc(Cl)c1Cl. The molecule has 0 atom stereocenters. The van der Waals surface area contributed by atoms with Gasteiger partial charge in [0, 0.05) is 11.6 Å². The van der Waals surface area contributed by atoms with Crippen molar-refractivity contribution in [3.8, 4) is 5.88 Å². The Labute approximate surface area is 92.7 Å². The van der Waals surface area contributed by atoms with Gasteiger partial charge in [0.2, 0.25) is 11.2 Å². The van der Waals surface area contributed by atoms with Crippen LogP contribution in [0.1, 0.15) is 0 Å². The van der Waals surface area contributed by atoms with Gasteiger partial charge in [0.15, 0.2) is 5.15 Å². The maximum atomic E-state index is 10.3. The second-order valence-corrected chi connectivity index (χ2v) is 3.12. The van der Waals surface area contributed by atoms with Gasteiger partial charge in [-0.2, -0.15) is 4.98 Å². The lowest BCUT2D eigenvalue weighted by Gasteiger charge is -2.02. The number of carbonyl (C=O) groups excluding carboxylic acids is 1. The van der Waals surface area contributed by atoms with Gasteiger partial charge in [-0.05, 0) is 11.6 Å². The largest absolute Gasteiger partial charge is 0.410 e. The zero-order valence-electron chi connectivity index (χ0n) is 5.72. The van der Waals surface area contributed by atoms with Crippen molar-refractivity contribution in [2.45, 2.75) is 0 Å². The Hall–Kier alpha value is -0.290. The number of nitrogens with zero attached hydrogens (tertiary/aromatic N) is 2. The lowest BCUT2D eigenvalue weighted by molar-refractivity contribution is 0.224. The highest BCUT2D eigenvalue weighted by molar-refractivity contribution is 6.61. The first-order valence-corrected chi connectivity index (χ1v) is 4.27. The smallest absolute Gasteiger partial charge is 0.394 e. The normalized spacial score (nSPS) is 9.85. The van der Waals surface area contributed by atoms with Gasteiger partial charge in [-0.1, -0.05) is 23.2 Å². The number of hydrogen-bond acceptors (Lipinski definition) is 4. The molecule has 8 heteroatoms. The van der Waals surface area contributed by atoms with Crippen LogP contribution in [0.25, 0.3) is 0 Å². The zero-order valence-corrected chi connectivity index (χ0v) is 8.75. The van der Waals surface area contributed by atoms with E-state index in [2.05, 4.69) is 14.7 Å². The minimum Gasteiger partial charge on any atom is -0.394 e. The molecular weight excluding hydrogens is 262 g/mol. The summed E-state index contributed by atoms with van der Waals surface area (Å²) in [6, 6.07) is 0. The first kappa shape index (κ1) is 10.8. The topological polar surface area (TPSA) is 52.1 Å². The third kappa shape index (κ3) is 2.84. The molecule has 0 aromatic carbocycles. The Balaban J connectivity index is 3.12. The monoisotopic (exact) mass is 260 g/mol. The number of halogens is 4. The highest BCUT2D eigenvalue weighted by Crippen LogP contribution is 2.30. The van der Waals surface area contributed by atoms with Gasteiger partial charge in [-0.25, -0.2) is 9.78 Å². The lowest BCUT2D eigenvalue weighted by atomic mass is 10.6. The average Bonchev–Trinajstić information content (AvgIpc) is 1.98. The van der Waals surface area contributed by atoms with Crippen molar-refractivity contribution in [3.63, 3.8) is 0 Å². The Morgan fingerprint density at radius 2 is 1.85 bits per heavy atom. The molecule has 1 aromatic heterocycles. The third-order valence-corrected chi connectivity index (χ3v) is 1.89. The van der Waals surface area contributed by atoms with Crippen molar-refractivity contribution in [3.05, 3.63) is 15.5 Å². The van der Waals surface area contributed by atoms with Crippen LogP contribution in [-0.4, -0.2) is 15.4 Å². The Morgan fingerprint density at radius 3 is 2.38 bits per heavy atom. The van der Waals surface area contributed by atoms with E-state index in [9.17, 15) is 4.79 Å². The first-order chi connectivity index (χ1) is 6.00. The fourth-order valence-corrected chi connectivity index (χ4v) is 1.08. The van der Waals surface area contributed by atoms with E-state index in [1.54, 1.807) is 0 Å². The van der Waals surface area contributed by atoms with Crippen molar-refractivity contribution >= 4 is 51.8 Å². The molecule has 13 heavy (non-hydrogen) atoms. The standard InChI is InChI=1S/C5Cl4N2O2/c6-1-2(7)10-4(8)11-3(1)13-5(9)12. The second kappa shape index (κ2) is 4.28. The van der Waals surface area contributed by atoms with Gasteiger partial charge in [0.25, 0.3) is 0 Å². The van der Waals surface area contributed by atoms with Gasteiger partial charge in [-0.3, -0.25) is 0 Å². The highest BCUT2D eigenvalue weighted by atomic mass is 35.5. The molecule has 1 aromatic rings. The zero-order chi connectivity index (χ0) is 10.0. The van der Waals surface area contributed by atoms with Gasteiger partial charge < -0.3 is 4.74 Å². The van der Waals surface area contributed by atoms with Crippen molar-refractivity contribution in [1.82, 2.24) is 9.97 Å². The van der Waals surface area contributed by atoms with Crippen LogP contribution >= 0.6 is 46.4 Å². The molecule has 0 spiro atoms. The minimum atomic E-state index is -1.09. The van der Waals surface area contributed by atoms with Crippen molar-refractivity contribution in [2.75, 3.05) is 0 Å². The first-order valence-electron chi connectivity index (χ1n) is 2.76. The van der Waals surface area contributed by atoms with E-state index in [0.717, 1.165) is 0 Å². The summed E-state index contributed by atoms with van der Waals surface area (Å²) in [7, 11) is 0. The molecule has 0 unspecified atom stereocenters. The number of hydrogen-bond donors (Lipinski definition) is 0. The molecule has 0 saturated carbocycles. The molecule has 1 rings (SSSR count). The molecular formula is C5Cl4N2O2. The van der Waals surface area contributed by atoms with E-state index in [-0.39, 0.29) is 21.3 Å². The molecule has 0 aliphatic carbocycles. The van der Waals surface area contributed by atoms with Crippen LogP contribution in [0.3, 0.4) is 0 Å².